The molecule has 0 unspecified atom stereocenters. The van der Waals surface area contributed by atoms with Crippen molar-refractivity contribution < 1.29 is 28.6 Å². The highest BCUT2D eigenvalue weighted by Crippen LogP contribution is 2.32. The zero-order valence-electron chi connectivity index (χ0n) is 30.3. The van der Waals surface area contributed by atoms with Crippen LogP contribution in [0.3, 0.4) is 0 Å². The van der Waals surface area contributed by atoms with Crippen molar-refractivity contribution in [3.8, 4) is 22.8 Å². The van der Waals surface area contributed by atoms with Crippen molar-refractivity contribution in [3.63, 3.8) is 0 Å². The fourth-order valence-electron chi connectivity index (χ4n) is 7.28. The van der Waals surface area contributed by atoms with E-state index in [1.807, 2.05) is 30.0 Å². The maximum atomic E-state index is 14.5. The number of morpholine rings is 1. The average molecular weight is 775 g/mol. The Kier molecular flexibility index (Phi) is 13.2. The monoisotopic (exact) mass is 774 g/mol. The average Bonchev–Trinajstić information content (AvgIpc) is 3.69. The first-order chi connectivity index (χ1) is 26.4. The van der Waals surface area contributed by atoms with Gasteiger partial charge in [0.1, 0.15) is 27.8 Å². The molecular formula is C40H47FN6O5S2. The number of amides is 2. The topological polar surface area (TPSA) is 129 Å². The number of thioether (sulfide) groups is 1. The van der Waals surface area contributed by atoms with Crippen LogP contribution < -0.4 is 15.4 Å². The predicted molar refractivity (Wildman–Crippen MR) is 208 cm³/mol. The van der Waals surface area contributed by atoms with E-state index in [-0.39, 0.29) is 35.9 Å². The molecule has 4 heterocycles. The second-order valence-electron chi connectivity index (χ2n) is 14.1. The van der Waals surface area contributed by atoms with Crippen LogP contribution in [0.4, 0.5) is 4.39 Å². The van der Waals surface area contributed by atoms with Crippen LogP contribution in [0.25, 0.3) is 11.1 Å². The van der Waals surface area contributed by atoms with Gasteiger partial charge in [-0.05, 0) is 72.1 Å². The maximum Gasteiger partial charge on any atom is 0.270 e. The highest BCUT2D eigenvalue weighted by molar-refractivity contribution is 7.99. The Morgan fingerprint density at radius 3 is 2.54 bits per heavy atom. The third kappa shape index (κ3) is 10.2. The van der Waals surface area contributed by atoms with Gasteiger partial charge in [-0.2, -0.15) is 11.8 Å². The Morgan fingerprint density at radius 1 is 0.963 bits per heavy atom. The van der Waals surface area contributed by atoms with Crippen LogP contribution in [0.15, 0.2) is 60.1 Å². The fraction of sp³-hybridized carbons (Fsp3) is 0.450. The molecule has 2 amide bonds. The number of thiazole rings is 1. The number of ether oxygens (including phenoxy) is 2. The van der Waals surface area contributed by atoms with Gasteiger partial charge >= 0.3 is 0 Å². The number of halogens is 1. The number of benzene rings is 2. The molecule has 0 radical (unpaired) electrons. The number of aromatic nitrogens is 2. The standard InChI is InChI=1S/C40H47FN6O5S2/c41-31-20-35(38(49)42-21-27-4-7-32(8-5-27)44-39(50)36-26-54-37(25-48)45-36)40(43-22-31)52-33-3-1-2-29(19-33)34-9-6-28(23-47-12-16-53-17-13-47)18-30(34)24-46-10-14-51-15-11-46/h1-3,6,9,18-20,22,26-27,32,48H,4-5,7-8,10-17,21,23-25H2,(H,42,49)(H,44,50). The zero-order chi connectivity index (χ0) is 37.3. The van der Waals surface area contributed by atoms with Gasteiger partial charge in [-0.1, -0.05) is 30.3 Å². The molecular weight excluding hydrogens is 728 g/mol. The largest absolute Gasteiger partial charge is 0.438 e. The molecule has 1 aliphatic carbocycles. The number of rotatable bonds is 13. The van der Waals surface area contributed by atoms with E-state index in [0.717, 1.165) is 102 Å². The smallest absolute Gasteiger partial charge is 0.270 e. The summed E-state index contributed by atoms with van der Waals surface area (Å²) in [5, 5.41) is 17.4. The number of hydrogen-bond acceptors (Lipinski definition) is 11. The molecule has 3 N–H and O–H groups in total. The summed E-state index contributed by atoms with van der Waals surface area (Å²) in [5.41, 5.74) is 4.99. The van der Waals surface area contributed by atoms with Crippen molar-refractivity contribution in [2.45, 2.75) is 51.4 Å². The number of pyridine rings is 1. The molecule has 2 aromatic heterocycles. The van der Waals surface area contributed by atoms with Crippen LogP contribution in [0.2, 0.25) is 0 Å². The van der Waals surface area contributed by atoms with E-state index in [1.54, 1.807) is 5.38 Å². The van der Waals surface area contributed by atoms with Crippen molar-refractivity contribution in [1.29, 1.82) is 0 Å². The third-order valence-corrected chi connectivity index (χ3v) is 12.0. The zero-order valence-corrected chi connectivity index (χ0v) is 31.9. The molecule has 14 heteroatoms. The minimum absolute atomic E-state index is 0.0131. The van der Waals surface area contributed by atoms with Gasteiger partial charge in [-0.3, -0.25) is 19.4 Å². The second-order valence-corrected chi connectivity index (χ2v) is 16.3. The van der Waals surface area contributed by atoms with Crippen LogP contribution in [-0.4, -0.2) is 100 Å². The van der Waals surface area contributed by atoms with Gasteiger partial charge in [-0.15, -0.1) is 11.3 Å². The first kappa shape index (κ1) is 38.4. The molecule has 3 aliphatic rings. The number of aliphatic hydroxyl groups is 1. The normalized spacial score (nSPS) is 19.7. The summed E-state index contributed by atoms with van der Waals surface area (Å²) in [6.07, 6.45) is 4.22. The van der Waals surface area contributed by atoms with Gasteiger partial charge in [0, 0.05) is 68.7 Å². The van der Waals surface area contributed by atoms with E-state index >= 15 is 0 Å². The molecule has 0 bridgehead atoms. The molecule has 2 saturated heterocycles. The summed E-state index contributed by atoms with van der Waals surface area (Å²) < 4.78 is 26.3. The summed E-state index contributed by atoms with van der Waals surface area (Å²) in [6, 6.07) is 15.7. The molecule has 0 atom stereocenters. The first-order valence-corrected chi connectivity index (χ1v) is 20.7. The number of carbonyl (C=O) groups is 2. The molecule has 286 valence electrons. The summed E-state index contributed by atoms with van der Waals surface area (Å²) in [7, 11) is 0. The van der Waals surface area contributed by atoms with Crippen LogP contribution in [0.5, 0.6) is 11.6 Å². The number of aliphatic hydroxyl groups excluding tert-OH is 1. The van der Waals surface area contributed by atoms with Crippen molar-refractivity contribution in [3.05, 3.63) is 93.3 Å². The van der Waals surface area contributed by atoms with E-state index in [1.165, 1.54) is 34.0 Å². The van der Waals surface area contributed by atoms with Gasteiger partial charge < -0.3 is 25.2 Å². The lowest BCUT2D eigenvalue weighted by Gasteiger charge is -2.29. The number of hydrogen-bond donors (Lipinski definition) is 3. The lowest BCUT2D eigenvalue weighted by Crippen LogP contribution is -2.40. The van der Waals surface area contributed by atoms with Gasteiger partial charge in [0.15, 0.2) is 0 Å². The molecule has 4 aromatic rings. The van der Waals surface area contributed by atoms with E-state index in [4.69, 9.17) is 9.47 Å². The molecule has 3 fully saturated rings. The van der Waals surface area contributed by atoms with Crippen LogP contribution >= 0.6 is 23.1 Å². The number of nitrogens with zero attached hydrogens (tertiary/aromatic N) is 4. The molecule has 0 spiro atoms. The van der Waals surface area contributed by atoms with Crippen molar-refractivity contribution >= 4 is 34.9 Å². The van der Waals surface area contributed by atoms with E-state index in [2.05, 4.69) is 54.7 Å². The Bertz CT molecular complexity index is 1890. The Morgan fingerprint density at radius 2 is 1.76 bits per heavy atom. The Hall–Kier alpha value is -3.92. The minimum atomic E-state index is -0.625. The molecule has 11 nitrogen and oxygen atoms in total. The summed E-state index contributed by atoms with van der Waals surface area (Å²) in [5.74, 6) is 1.76. The van der Waals surface area contributed by atoms with E-state index in [9.17, 15) is 19.1 Å². The third-order valence-electron chi connectivity index (χ3n) is 10.3. The number of nitrogens with one attached hydrogen (secondary N) is 2. The molecule has 1 saturated carbocycles. The number of carbonyl (C=O) groups excluding carboxylic acids is 2. The second kappa shape index (κ2) is 18.6. The Labute approximate surface area is 323 Å². The quantitative estimate of drug-likeness (QED) is 0.155. The van der Waals surface area contributed by atoms with Gasteiger partial charge in [0.2, 0.25) is 5.88 Å². The molecule has 2 aromatic carbocycles. The lowest BCUT2D eigenvalue weighted by molar-refractivity contribution is 0.0342. The highest BCUT2D eigenvalue weighted by Gasteiger charge is 2.25. The lowest BCUT2D eigenvalue weighted by atomic mass is 9.86. The highest BCUT2D eigenvalue weighted by atomic mass is 32.2. The predicted octanol–water partition coefficient (Wildman–Crippen LogP) is 5.73. The fourth-order valence-corrected chi connectivity index (χ4v) is 8.89. The van der Waals surface area contributed by atoms with Gasteiger partial charge in [-0.25, -0.2) is 14.4 Å². The molecule has 7 rings (SSSR count). The maximum absolute atomic E-state index is 14.5. The molecule has 54 heavy (non-hydrogen) atoms. The summed E-state index contributed by atoms with van der Waals surface area (Å²) >= 11 is 3.27. The summed E-state index contributed by atoms with van der Waals surface area (Å²) in [4.78, 5) is 39.3. The molecule has 2 aliphatic heterocycles. The van der Waals surface area contributed by atoms with Crippen LogP contribution in [0.1, 0.15) is 62.7 Å². The summed E-state index contributed by atoms with van der Waals surface area (Å²) in [6.45, 7) is 7.41. The SMILES string of the molecule is O=C(NC1CCC(CNC(=O)c2cc(F)cnc2Oc2cccc(-c3ccc(CN4CCSCC4)cc3CN3CCOCC3)c2)CC1)c1csc(CO)n1. The first-order valence-electron chi connectivity index (χ1n) is 18.7. The Balaban J connectivity index is 0.995. The van der Waals surface area contributed by atoms with Gasteiger partial charge in [0.05, 0.1) is 26.0 Å². The van der Waals surface area contributed by atoms with Crippen molar-refractivity contribution in [2.75, 3.05) is 57.4 Å². The van der Waals surface area contributed by atoms with E-state index < -0.39 is 11.7 Å². The van der Waals surface area contributed by atoms with E-state index in [0.29, 0.717) is 23.0 Å². The minimum Gasteiger partial charge on any atom is -0.438 e. The van der Waals surface area contributed by atoms with Gasteiger partial charge in [0.25, 0.3) is 11.8 Å². The van der Waals surface area contributed by atoms with Crippen molar-refractivity contribution in [1.82, 2.24) is 30.4 Å². The van der Waals surface area contributed by atoms with Crippen molar-refractivity contribution in [2.24, 2.45) is 5.92 Å². The van der Waals surface area contributed by atoms with Crippen LogP contribution in [-0.2, 0) is 24.4 Å². The van der Waals surface area contributed by atoms with Crippen LogP contribution in [0, 0.1) is 11.7 Å².